The lowest BCUT2D eigenvalue weighted by atomic mass is 9.81. The van der Waals surface area contributed by atoms with Crippen molar-refractivity contribution in [2.45, 2.75) is 26.7 Å². The number of hydrogen-bond acceptors (Lipinski definition) is 5. The summed E-state index contributed by atoms with van der Waals surface area (Å²) in [5, 5.41) is 0. The van der Waals surface area contributed by atoms with Crippen LogP contribution in [0.2, 0.25) is 0 Å². The Morgan fingerprint density at radius 1 is 1.26 bits per heavy atom. The number of halogens is 1. The predicted molar refractivity (Wildman–Crippen MR) is 81.5 cm³/mol. The van der Waals surface area contributed by atoms with E-state index in [1.165, 1.54) is 31.2 Å². The first-order chi connectivity index (χ1) is 10.9. The number of ether oxygens (including phenoxy) is 2. The molecule has 2 N–H and O–H groups in total. The number of benzene rings is 1. The standard InChI is InChI=1S/C17H18FNO4/c1-4-22-17(21)15-14(11-5-7-12(18)8-6-11)13(9(2)20)10(3)23-16(15)19/h5-8,14H,4,19H2,1-3H3/t14-/m0/s1. The summed E-state index contributed by atoms with van der Waals surface area (Å²) < 4.78 is 23.6. The van der Waals surface area contributed by atoms with Crippen LogP contribution < -0.4 is 5.73 Å². The van der Waals surface area contributed by atoms with Crippen LogP contribution in [0.25, 0.3) is 0 Å². The molecule has 122 valence electrons. The number of rotatable bonds is 4. The van der Waals surface area contributed by atoms with E-state index in [1.54, 1.807) is 13.8 Å². The van der Waals surface area contributed by atoms with Crippen molar-refractivity contribution in [2.75, 3.05) is 6.61 Å². The van der Waals surface area contributed by atoms with E-state index in [9.17, 15) is 14.0 Å². The Bertz CT molecular complexity index is 704. The monoisotopic (exact) mass is 319 g/mol. The van der Waals surface area contributed by atoms with E-state index in [0.717, 1.165) is 0 Å². The molecule has 1 aliphatic rings. The highest BCUT2D eigenvalue weighted by Crippen LogP contribution is 2.40. The number of hydrogen-bond donors (Lipinski definition) is 1. The van der Waals surface area contributed by atoms with Gasteiger partial charge in [-0.15, -0.1) is 0 Å². The number of Topliss-reactive ketones (excluding diaryl/α,β-unsaturated/α-hetero) is 1. The number of ketones is 1. The van der Waals surface area contributed by atoms with Crippen molar-refractivity contribution in [3.63, 3.8) is 0 Å². The van der Waals surface area contributed by atoms with Crippen molar-refractivity contribution in [2.24, 2.45) is 5.73 Å². The number of allylic oxidation sites excluding steroid dienone is 2. The molecule has 5 nitrogen and oxygen atoms in total. The molecular weight excluding hydrogens is 301 g/mol. The maximum absolute atomic E-state index is 13.2. The molecule has 1 aromatic carbocycles. The lowest BCUT2D eigenvalue weighted by Crippen LogP contribution is -2.28. The average Bonchev–Trinajstić information content (AvgIpc) is 2.46. The van der Waals surface area contributed by atoms with E-state index < -0.39 is 17.7 Å². The molecule has 0 bridgehead atoms. The third kappa shape index (κ3) is 3.26. The van der Waals surface area contributed by atoms with Gasteiger partial charge in [-0.25, -0.2) is 9.18 Å². The molecule has 1 aliphatic heterocycles. The molecule has 0 fully saturated rings. The van der Waals surface area contributed by atoms with Crippen LogP contribution in [0.1, 0.15) is 32.3 Å². The molecule has 0 aromatic heterocycles. The number of carbonyl (C=O) groups is 2. The summed E-state index contributed by atoms with van der Waals surface area (Å²) >= 11 is 0. The number of esters is 1. The quantitative estimate of drug-likeness (QED) is 0.863. The number of carbonyl (C=O) groups excluding carboxylic acids is 2. The van der Waals surface area contributed by atoms with E-state index in [2.05, 4.69) is 0 Å². The third-order valence-corrected chi connectivity index (χ3v) is 3.56. The minimum Gasteiger partial charge on any atom is -0.462 e. The van der Waals surface area contributed by atoms with E-state index in [1.807, 2.05) is 0 Å². The van der Waals surface area contributed by atoms with Gasteiger partial charge in [0.15, 0.2) is 5.78 Å². The molecule has 0 radical (unpaired) electrons. The van der Waals surface area contributed by atoms with Crippen molar-refractivity contribution in [3.8, 4) is 0 Å². The second-order valence-electron chi connectivity index (χ2n) is 5.11. The smallest absolute Gasteiger partial charge is 0.340 e. The number of nitrogens with two attached hydrogens (primary N) is 1. The molecular formula is C17H18FNO4. The zero-order chi connectivity index (χ0) is 17.1. The summed E-state index contributed by atoms with van der Waals surface area (Å²) in [6.07, 6.45) is 0. The second kappa shape index (κ2) is 6.64. The first-order valence-corrected chi connectivity index (χ1v) is 7.18. The Morgan fingerprint density at radius 3 is 2.39 bits per heavy atom. The maximum atomic E-state index is 13.2. The van der Waals surface area contributed by atoms with Crippen molar-refractivity contribution >= 4 is 11.8 Å². The van der Waals surface area contributed by atoms with Gasteiger partial charge in [-0.3, -0.25) is 4.79 Å². The van der Waals surface area contributed by atoms with Gasteiger partial charge in [-0.05, 0) is 38.5 Å². The highest BCUT2D eigenvalue weighted by molar-refractivity contribution is 6.01. The molecule has 0 saturated carbocycles. The normalized spacial score (nSPS) is 17.8. The van der Waals surface area contributed by atoms with E-state index in [4.69, 9.17) is 15.2 Å². The fourth-order valence-electron chi connectivity index (χ4n) is 2.63. The van der Waals surface area contributed by atoms with Gasteiger partial charge in [-0.2, -0.15) is 0 Å². The summed E-state index contributed by atoms with van der Waals surface area (Å²) in [7, 11) is 0. The SMILES string of the molecule is CCOC(=O)C1=C(N)OC(C)=C(C(C)=O)[C@@H]1c1ccc(F)cc1. The molecule has 0 saturated heterocycles. The summed E-state index contributed by atoms with van der Waals surface area (Å²) in [5.41, 5.74) is 6.77. The minimum absolute atomic E-state index is 0.0502. The largest absolute Gasteiger partial charge is 0.462 e. The molecule has 1 aromatic rings. The molecule has 0 spiro atoms. The molecule has 6 heteroatoms. The van der Waals surface area contributed by atoms with E-state index in [0.29, 0.717) is 16.9 Å². The van der Waals surface area contributed by atoms with E-state index >= 15 is 0 Å². The van der Waals surface area contributed by atoms with Crippen LogP contribution in [0, 0.1) is 5.82 Å². The fourth-order valence-corrected chi connectivity index (χ4v) is 2.63. The average molecular weight is 319 g/mol. The zero-order valence-corrected chi connectivity index (χ0v) is 13.2. The van der Waals surface area contributed by atoms with Crippen LogP contribution in [0.15, 0.2) is 47.1 Å². The van der Waals surface area contributed by atoms with Gasteiger partial charge >= 0.3 is 5.97 Å². The highest BCUT2D eigenvalue weighted by Gasteiger charge is 2.37. The van der Waals surface area contributed by atoms with Crippen LogP contribution >= 0.6 is 0 Å². The molecule has 0 unspecified atom stereocenters. The van der Waals surface area contributed by atoms with Crippen molar-refractivity contribution < 1.29 is 23.5 Å². The van der Waals surface area contributed by atoms with Gasteiger partial charge in [0.1, 0.15) is 17.1 Å². The highest BCUT2D eigenvalue weighted by atomic mass is 19.1. The zero-order valence-electron chi connectivity index (χ0n) is 13.2. The van der Waals surface area contributed by atoms with Crippen LogP contribution in [-0.2, 0) is 19.1 Å². The Morgan fingerprint density at radius 2 is 1.87 bits per heavy atom. The summed E-state index contributed by atoms with van der Waals surface area (Å²) in [6, 6.07) is 5.54. The van der Waals surface area contributed by atoms with Gasteiger partial charge in [0, 0.05) is 5.57 Å². The van der Waals surface area contributed by atoms with Crippen molar-refractivity contribution in [1.82, 2.24) is 0 Å². The maximum Gasteiger partial charge on any atom is 0.340 e. The topological polar surface area (TPSA) is 78.6 Å². The fraction of sp³-hybridized carbons (Fsp3) is 0.294. The Hall–Kier alpha value is -2.63. The Balaban J connectivity index is 2.63. The summed E-state index contributed by atoms with van der Waals surface area (Å²) in [4.78, 5) is 24.4. The predicted octanol–water partition coefficient (Wildman–Crippen LogP) is 2.54. The summed E-state index contributed by atoms with van der Waals surface area (Å²) in [5.74, 6) is -1.88. The first-order valence-electron chi connectivity index (χ1n) is 7.18. The minimum atomic E-state index is -0.749. The molecule has 0 amide bonds. The van der Waals surface area contributed by atoms with Crippen LogP contribution in [0.4, 0.5) is 4.39 Å². The second-order valence-corrected chi connectivity index (χ2v) is 5.11. The Labute approximate surface area is 133 Å². The van der Waals surface area contributed by atoms with Gasteiger partial charge in [0.2, 0.25) is 5.88 Å². The van der Waals surface area contributed by atoms with Gasteiger partial charge < -0.3 is 15.2 Å². The Kier molecular flexibility index (Phi) is 4.83. The first kappa shape index (κ1) is 16.7. The molecule has 2 rings (SSSR count). The van der Waals surface area contributed by atoms with Gasteiger partial charge in [0.05, 0.1) is 12.5 Å². The molecule has 1 atom stereocenters. The lowest BCUT2D eigenvalue weighted by Gasteiger charge is -2.28. The van der Waals surface area contributed by atoms with Crippen LogP contribution in [0.5, 0.6) is 0 Å². The van der Waals surface area contributed by atoms with Crippen LogP contribution in [0.3, 0.4) is 0 Å². The molecule has 1 heterocycles. The molecule has 0 aliphatic carbocycles. The third-order valence-electron chi connectivity index (χ3n) is 3.56. The van der Waals surface area contributed by atoms with Crippen LogP contribution in [-0.4, -0.2) is 18.4 Å². The van der Waals surface area contributed by atoms with Gasteiger partial charge in [0.25, 0.3) is 0 Å². The van der Waals surface area contributed by atoms with Crippen molar-refractivity contribution in [3.05, 3.63) is 58.4 Å². The van der Waals surface area contributed by atoms with Gasteiger partial charge in [-0.1, -0.05) is 12.1 Å². The molecule has 23 heavy (non-hydrogen) atoms. The van der Waals surface area contributed by atoms with E-state index in [-0.39, 0.29) is 23.8 Å². The van der Waals surface area contributed by atoms with Crippen molar-refractivity contribution in [1.29, 1.82) is 0 Å². The summed E-state index contributed by atoms with van der Waals surface area (Å²) in [6.45, 7) is 4.80. The lowest BCUT2D eigenvalue weighted by molar-refractivity contribution is -0.139.